The van der Waals surface area contributed by atoms with E-state index in [0.717, 1.165) is 0 Å². The van der Waals surface area contributed by atoms with Crippen LogP contribution in [0.25, 0.3) is 21.5 Å². The van der Waals surface area contributed by atoms with Gasteiger partial charge in [0.05, 0.1) is 0 Å². The van der Waals surface area contributed by atoms with Crippen molar-refractivity contribution in [3.63, 3.8) is 0 Å². The van der Waals surface area contributed by atoms with Crippen LogP contribution in [0.4, 0.5) is 0 Å². The predicted octanol–water partition coefficient (Wildman–Crippen LogP) is 9.63. The van der Waals surface area contributed by atoms with Crippen LogP contribution >= 0.6 is 0 Å². The van der Waals surface area contributed by atoms with Gasteiger partial charge in [0, 0.05) is 0 Å². The highest BCUT2D eigenvalue weighted by atomic mass is 14.1. The van der Waals surface area contributed by atoms with Gasteiger partial charge in [0.1, 0.15) is 0 Å². The molecule has 3 aromatic rings. The summed E-state index contributed by atoms with van der Waals surface area (Å²) in [5.74, 6) is 0. The van der Waals surface area contributed by atoms with Crippen LogP contribution in [0.2, 0.25) is 0 Å². The Hall–Kier alpha value is -1.82. The van der Waals surface area contributed by atoms with Gasteiger partial charge in [-0.05, 0) is 39.9 Å². The van der Waals surface area contributed by atoms with E-state index in [0.29, 0.717) is 0 Å². The van der Waals surface area contributed by atoms with E-state index in [9.17, 15) is 0 Å². The summed E-state index contributed by atoms with van der Waals surface area (Å²) >= 11 is 0. The lowest BCUT2D eigenvalue weighted by Crippen LogP contribution is -1.89. The van der Waals surface area contributed by atoms with E-state index in [1.165, 1.54) is 117 Å². The van der Waals surface area contributed by atoms with Crippen LogP contribution in [-0.2, 0) is 6.42 Å². The minimum Gasteiger partial charge on any atom is -0.0654 e. The van der Waals surface area contributed by atoms with E-state index in [1.807, 2.05) is 0 Å². The summed E-state index contributed by atoms with van der Waals surface area (Å²) in [5.41, 5.74) is 1.52. The SMILES string of the molecule is CCCCCCCCCCCCCCCc1cccc2c1ccc1ccccc12. The molecule has 0 N–H and O–H groups in total. The molecule has 0 aliphatic heterocycles. The maximum absolute atomic E-state index is 2.33. The van der Waals surface area contributed by atoms with E-state index in [4.69, 9.17) is 0 Å². The van der Waals surface area contributed by atoms with E-state index in [-0.39, 0.29) is 0 Å². The van der Waals surface area contributed by atoms with Gasteiger partial charge in [-0.2, -0.15) is 0 Å². The molecule has 0 radical (unpaired) electrons. The number of hydrogen-bond acceptors (Lipinski definition) is 0. The summed E-state index contributed by atoms with van der Waals surface area (Å²) in [6.07, 6.45) is 19.7. The Kier molecular flexibility index (Phi) is 9.57. The maximum Gasteiger partial charge on any atom is -0.0103 e. The van der Waals surface area contributed by atoms with Crippen LogP contribution in [0.5, 0.6) is 0 Å². The molecule has 0 saturated heterocycles. The van der Waals surface area contributed by atoms with Crippen molar-refractivity contribution in [2.24, 2.45) is 0 Å². The molecular weight excluding hydrogens is 348 g/mol. The smallest absolute Gasteiger partial charge is 0.0103 e. The average Bonchev–Trinajstić information content (AvgIpc) is 2.77. The van der Waals surface area contributed by atoms with Crippen molar-refractivity contribution in [2.75, 3.05) is 0 Å². The zero-order valence-electron chi connectivity index (χ0n) is 18.6. The normalized spacial score (nSPS) is 11.5. The second-order valence-corrected chi connectivity index (χ2v) is 8.79. The molecule has 3 rings (SSSR count). The number of fused-ring (bicyclic) bond motifs is 3. The van der Waals surface area contributed by atoms with Gasteiger partial charge in [-0.3, -0.25) is 0 Å². The molecule has 0 heterocycles. The maximum atomic E-state index is 2.33. The highest BCUT2D eigenvalue weighted by molar-refractivity contribution is 6.08. The third kappa shape index (κ3) is 6.88. The molecule has 156 valence electrons. The molecule has 0 atom stereocenters. The summed E-state index contributed by atoms with van der Waals surface area (Å²) in [5, 5.41) is 5.59. The molecule has 0 aliphatic carbocycles. The molecular formula is C29H40. The summed E-state index contributed by atoms with van der Waals surface area (Å²) in [7, 11) is 0. The van der Waals surface area contributed by atoms with Crippen LogP contribution < -0.4 is 0 Å². The summed E-state index contributed by atoms with van der Waals surface area (Å²) in [6.45, 7) is 2.30. The first-order valence-electron chi connectivity index (χ1n) is 12.3. The van der Waals surface area contributed by atoms with Crippen molar-refractivity contribution in [3.8, 4) is 0 Å². The van der Waals surface area contributed by atoms with Crippen molar-refractivity contribution in [1.29, 1.82) is 0 Å². The van der Waals surface area contributed by atoms with Crippen molar-refractivity contribution >= 4 is 21.5 Å². The van der Waals surface area contributed by atoms with Crippen molar-refractivity contribution in [1.82, 2.24) is 0 Å². The van der Waals surface area contributed by atoms with E-state index < -0.39 is 0 Å². The molecule has 3 aromatic carbocycles. The van der Waals surface area contributed by atoms with Gasteiger partial charge >= 0.3 is 0 Å². The quantitative estimate of drug-likeness (QED) is 0.190. The monoisotopic (exact) mass is 388 g/mol. The fourth-order valence-electron chi connectivity index (χ4n) is 4.66. The molecule has 0 heteroatoms. The molecule has 0 aromatic heterocycles. The molecule has 0 bridgehead atoms. The topological polar surface area (TPSA) is 0 Å². The number of rotatable bonds is 14. The Morgan fingerprint density at radius 1 is 0.448 bits per heavy atom. The second kappa shape index (κ2) is 12.7. The van der Waals surface area contributed by atoms with Crippen LogP contribution in [0.1, 0.15) is 96.0 Å². The van der Waals surface area contributed by atoms with Gasteiger partial charge < -0.3 is 0 Å². The molecule has 0 unspecified atom stereocenters. The highest BCUT2D eigenvalue weighted by Crippen LogP contribution is 2.28. The first-order chi connectivity index (χ1) is 14.4. The number of aryl methyl sites for hydroxylation is 1. The third-order valence-electron chi connectivity index (χ3n) is 6.43. The Morgan fingerprint density at radius 2 is 1.03 bits per heavy atom. The highest BCUT2D eigenvalue weighted by Gasteiger charge is 2.04. The van der Waals surface area contributed by atoms with Crippen molar-refractivity contribution in [3.05, 3.63) is 60.2 Å². The van der Waals surface area contributed by atoms with E-state index >= 15 is 0 Å². The first kappa shape index (κ1) is 21.9. The number of unbranched alkanes of at least 4 members (excludes halogenated alkanes) is 12. The standard InChI is InChI=1S/C29H40/c1-2-3-4-5-6-7-8-9-10-11-12-13-14-18-25-20-17-22-29-27-21-16-15-19-26(27)23-24-28(25)29/h15-17,19-24H,2-14,18H2,1H3. The fraction of sp³-hybridized carbons (Fsp3) is 0.517. The molecule has 29 heavy (non-hydrogen) atoms. The molecule has 0 fully saturated rings. The Bertz CT molecular complexity index is 845. The lowest BCUT2D eigenvalue weighted by atomic mass is 9.95. The van der Waals surface area contributed by atoms with E-state index in [2.05, 4.69) is 61.5 Å². The fourth-order valence-corrected chi connectivity index (χ4v) is 4.66. The lowest BCUT2D eigenvalue weighted by molar-refractivity contribution is 0.539. The lowest BCUT2D eigenvalue weighted by Gasteiger charge is -2.09. The second-order valence-electron chi connectivity index (χ2n) is 8.79. The minimum atomic E-state index is 1.22. The molecule has 0 amide bonds. The van der Waals surface area contributed by atoms with Gasteiger partial charge in [-0.25, -0.2) is 0 Å². The van der Waals surface area contributed by atoms with Gasteiger partial charge in [0.15, 0.2) is 0 Å². The zero-order chi connectivity index (χ0) is 20.2. The summed E-state index contributed by atoms with van der Waals surface area (Å²) in [6, 6.07) is 20.2. The van der Waals surface area contributed by atoms with Gasteiger partial charge in [0.2, 0.25) is 0 Å². The Morgan fingerprint density at radius 3 is 1.72 bits per heavy atom. The Balaban J connectivity index is 1.32. The number of hydrogen-bond donors (Lipinski definition) is 0. The van der Waals surface area contributed by atoms with Crippen molar-refractivity contribution < 1.29 is 0 Å². The van der Waals surface area contributed by atoms with Gasteiger partial charge in [-0.1, -0.05) is 139 Å². The van der Waals surface area contributed by atoms with Gasteiger partial charge in [0.25, 0.3) is 0 Å². The Labute approximate surface area is 178 Å². The zero-order valence-corrected chi connectivity index (χ0v) is 18.6. The average molecular weight is 389 g/mol. The minimum absolute atomic E-state index is 1.22. The van der Waals surface area contributed by atoms with E-state index in [1.54, 1.807) is 0 Å². The largest absolute Gasteiger partial charge is 0.0654 e. The summed E-state index contributed by atoms with van der Waals surface area (Å²) in [4.78, 5) is 0. The van der Waals surface area contributed by atoms with Gasteiger partial charge in [-0.15, -0.1) is 0 Å². The van der Waals surface area contributed by atoms with Crippen LogP contribution in [-0.4, -0.2) is 0 Å². The summed E-state index contributed by atoms with van der Waals surface area (Å²) < 4.78 is 0. The molecule has 0 saturated carbocycles. The molecule has 0 spiro atoms. The molecule has 0 nitrogen and oxygen atoms in total. The number of benzene rings is 3. The molecule has 0 aliphatic rings. The van der Waals surface area contributed by atoms with Crippen LogP contribution in [0, 0.1) is 0 Å². The third-order valence-corrected chi connectivity index (χ3v) is 6.43. The first-order valence-corrected chi connectivity index (χ1v) is 12.3. The van der Waals surface area contributed by atoms with Crippen molar-refractivity contribution in [2.45, 2.75) is 96.8 Å². The van der Waals surface area contributed by atoms with Crippen LogP contribution in [0.3, 0.4) is 0 Å². The predicted molar refractivity (Wildman–Crippen MR) is 131 cm³/mol. The van der Waals surface area contributed by atoms with Crippen LogP contribution in [0.15, 0.2) is 54.6 Å².